The summed E-state index contributed by atoms with van der Waals surface area (Å²) in [5.74, 6) is 0.420. The molecular formula is C18H19NO3. The molecule has 0 heterocycles. The summed E-state index contributed by atoms with van der Waals surface area (Å²) in [5.41, 5.74) is 2.14. The third-order valence-corrected chi connectivity index (χ3v) is 3.30. The number of amides is 1. The number of hydrogen-bond acceptors (Lipinski definition) is 3. The summed E-state index contributed by atoms with van der Waals surface area (Å²) >= 11 is 0. The Kier molecular flexibility index (Phi) is 4.94. The molecule has 1 amide bonds. The van der Waals surface area contributed by atoms with Crippen molar-refractivity contribution in [1.29, 1.82) is 0 Å². The van der Waals surface area contributed by atoms with Crippen LogP contribution in [0.15, 0.2) is 48.5 Å². The van der Waals surface area contributed by atoms with E-state index < -0.39 is 6.10 Å². The van der Waals surface area contributed by atoms with Crippen LogP contribution in [0.4, 0.5) is 5.69 Å². The van der Waals surface area contributed by atoms with Crippen LogP contribution in [-0.2, 0) is 4.79 Å². The molecule has 22 heavy (non-hydrogen) atoms. The molecule has 4 nitrogen and oxygen atoms in total. The topological polar surface area (TPSA) is 55.4 Å². The highest BCUT2D eigenvalue weighted by Gasteiger charge is 2.15. The zero-order valence-corrected chi connectivity index (χ0v) is 12.9. The number of aryl methyl sites for hydroxylation is 1. The van der Waals surface area contributed by atoms with Gasteiger partial charge >= 0.3 is 0 Å². The lowest BCUT2D eigenvalue weighted by Crippen LogP contribution is -2.30. The van der Waals surface area contributed by atoms with Crippen LogP contribution < -0.4 is 10.1 Å². The minimum absolute atomic E-state index is 0.0103. The van der Waals surface area contributed by atoms with Crippen molar-refractivity contribution in [3.8, 4) is 5.75 Å². The van der Waals surface area contributed by atoms with E-state index in [1.165, 1.54) is 6.92 Å². The number of anilines is 1. The van der Waals surface area contributed by atoms with Gasteiger partial charge in [0.05, 0.1) is 0 Å². The van der Waals surface area contributed by atoms with Gasteiger partial charge in [0.25, 0.3) is 5.91 Å². The van der Waals surface area contributed by atoms with Crippen molar-refractivity contribution in [3.05, 3.63) is 59.7 Å². The minimum Gasteiger partial charge on any atom is -0.481 e. The van der Waals surface area contributed by atoms with Gasteiger partial charge in [-0.25, -0.2) is 0 Å². The Hall–Kier alpha value is -2.62. The Bertz CT molecular complexity index is 680. The summed E-state index contributed by atoms with van der Waals surface area (Å²) < 4.78 is 5.57. The molecule has 0 radical (unpaired) electrons. The standard InChI is InChI=1S/C18H19NO3/c1-12-11-15(9-10-17(12)13(2)20)19-18(21)14(3)22-16-7-5-4-6-8-16/h4-11,14H,1-3H3,(H,19,21). The smallest absolute Gasteiger partial charge is 0.265 e. The first-order valence-electron chi connectivity index (χ1n) is 7.11. The second-order valence-electron chi connectivity index (χ2n) is 5.15. The van der Waals surface area contributed by atoms with Crippen LogP contribution in [0.5, 0.6) is 5.75 Å². The van der Waals surface area contributed by atoms with E-state index in [9.17, 15) is 9.59 Å². The highest BCUT2D eigenvalue weighted by Crippen LogP contribution is 2.17. The molecule has 0 aliphatic heterocycles. The van der Waals surface area contributed by atoms with Gasteiger partial charge in [0.15, 0.2) is 11.9 Å². The minimum atomic E-state index is -0.616. The molecule has 0 aliphatic carbocycles. The largest absolute Gasteiger partial charge is 0.481 e. The first kappa shape index (κ1) is 15.8. The number of ketones is 1. The number of carbonyl (C=O) groups excluding carboxylic acids is 2. The quantitative estimate of drug-likeness (QED) is 0.858. The van der Waals surface area contributed by atoms with Crippen LogP contribution in [0, 0.1) is 6.92 Å². The molecule has 0 aromatic heterocycles. The van der Waals surface area contributed by atoms with Gasteiger partial charge in [-0.15, -0.1) is 0 Å². The lowest BCUT2D eigenvalue weighted by atomic mass is 10.0. The molecule has 1 atom stereocenters. The maximum atomic E-state index is 12.1. The monoisotopic (exact) mass is 297 g/mol. The predicted molar refractivity (Wildman–Crippen MR) is 86.3 cm³/mol. The van der Waals surface area contributed by atoms with Crippen molar-refractivity contribution in [2.75, 3.05) is 5.32 Å². The third kappa shape index (κ3) is 3.95. The average molecular weight is 297 g/mol. The summed E-state index contributed by atoms with van der Waals surface area (Å²) in [5, 5.41) is 2.79. The zero-order valence-electron chi connectivity index (χ0n) is 12.9. The molecule has 1 unspecified atom stereocenters. The van der Waals surface area contributed by atoms with E-state index in [0.717, 1.165) is 5.56 Å². The van der Waals surface area contributed by atoms with Crippen molar-refractivity contribution in [2.24, 2.45) is 0 Å². The molecule has 1 N–H and O–H groups in total. The Morgan fingerprint density at radius 2 is 1.77 bits per heavy atom. The van der Waals surface area contributed by atoms with E-state index in [1.807, 2.05) is 25.1 Å². The van der Waals surface area contributed by atoms with E-state index in [4.69, 9.17) is 4.74 Å². The molecule has 0 saturated carbocycles. The fraction of sp³-hybridized carbons (Fsp3) is 0.222. The maximum absolute atomic E-state index is 12.1. The fourth-order valence-corrected chi connectivity index (χ4v) is 2.14. The Labute approximate surface area is 130 Å². The molecule has 0 bridgehead atoms. The molecule has 0 saturated heterocycles. The van der Waals surface area contributed by atoms with Gasteiger partial charge in [-0.2, -0.15) is 0 Å². The summed E-state index contributed by atoms with van der Waals surface area (Å²) in [6.07, 6.45) is -0.616. The number of carbonyl (C=O) groups is 2. The number of nitrogens with one attached hydrogen (secondary N) is 1. The van der Waals surface area contributed by atoms with E-state index in [1.54, 1.807) is 37.3 Å². The Morgan fingerprint density at radius 1 is 1.09 bits per heavy atom. The normalized spacial score (nSPS) is 11.6. The van der Waals surface area contributed by atoms with E-state index in [0.29, 0.717) is 17.0 Å². The zero-order chi connectivity index (χ0) is 16.1. The first-order chi connectivity index (χ1) is 10.5. The summed E-state index contributed by atoms with van der Waals surface area (Å²) in [4.78, 5) is 23.5. The number of rotatable bonds is 5. The average Bonchev–Trinajstić information content (AvgIpc) is 2.47. The molecule has 4 heteroatoms. The van der Waals surface area contributed by atoms with Gasteiger partial charge in [0.1, 0.15) is 5.75 Å². The van der Waals surface area contributed by atoms with Crippen LogP contribution in [0.1, 0.15) is 29.8 Å². The summed E-state index contributed by atoms with van der Waals surface area (Å²) in [7, 11) is 0. The third-order valence-electron chi connectivity index (χ3n) is 3.30. The molecule has 2 aromatic rings. The first-order valence-corrected chi connectivity index (χ1v) is 7.11. The number of ether oxygens (including phenoxy) is 1. The van der Waals surface area contributed by atoms with Gasteiger partial charge in [0.2, 0.25) is 0 Å². The maximum Gasteiger partial charge on any atom is 0.265 e. The van der Waals surface area contributed by atoms with Gasteiger partial charge < -0.3 is 10.1 Å². The van der Waals surface area contributed by atoms with Crippen molar-refractivity contribution in [3.63, 3.8) is 0 Å². The molecule has 0 spiro atoms. The van der Waals surface area contributed by atoms with E-state index in [2.05, 4.69) is 5.32 Å². The highest BCUT2D eigenvalue weighted by molar-refractivity contribution is 5.97. The van der Waals surface area contributed by atoms with Crippen LogP contribution in [0.2, 0.25) is 0 Å². The number of Topliss-reactive ketones (excluding diaryl/α,β-unsaturated/α-hetero) is 1. The lowest BCUT2D eigenvalue weighted by Gasteiger charge is -2.15. The molecule has 2 rings (SSSR count). The number of benzene rings is 2. The molecule has 2 aromatic carbocycles. The fourth-order valence-electron chi connectivity index (χ4n) is 2.14. The van der Waals surface area contributed by atoms with Crippen LogP contribution in [-0.4, -0.2) is 17.8 Å². The van der Waals surface area contributed by atoms with Crippen LogP contribution in [0.25, 0.3) is 0 Å². The van der Waals surface area contributed by atoms with Crippen LogP contribution in [0.3, 0.4) is 0 Å². The number of hydrogen-bond donors (Lipinski definition) is 1. The van der Waals surface area contributed by atoms with Gasteiger partial charge in [-0.1, -0.05) is 18.2 Å². The Morgan fingerprint density at radius 3 is 2.36 bits per heavy atom. The van der Waals surface area contributed by atoms with Gasteiger partial charge in [0, 0.05) is 11.3 Å². The predicted octanol–water partition coefficient (Wildman–Crippen LogP) is 3.60. The summed E-state index contributed by atoms with van der Waals surface area (Å²) in [6, 6.07) is 14.4. The second-order valence-corrected chi connectivity index (χ2v) is 5.15. The second kappa shape index (κ2) is 6.89. The molecular weight excluding hydrogens is 278 g/mol. The van der Waals surface area contributed by atoms with Crippen molar-refractivity contribution in [1.82, 2.24) is 0 Å². The molecule has 114 valence electrons. The summed E-state index contributed by atoms with van der Waals surface area (Å²) in [6.45, 7) is 5.06. The van der Waals surface area contributed by atoms with Crippen LogP contribution >= 0.6 is 0 Å². The highest BCUT2D eigenvalue weighted by atomic mass is 16.5. The van der Waals surface area contributed by atoms with Gasteiger partial charge in [-0.3, -0.25) is 9.59 Å². The SMILES string of the molecule is CC(=O)c1ccc(NC(=O)C(C)Oc2ccccc2)cc1C. The molecule has 0 aliphatic rings. The lowest BCUT2D eigenvalue weighted by molar-refractivity contribution is -0.122. The van der Waals surface area contributed by atoms with Crippen molar-refractivity contribution in [2.45, 2.75) is 26.9 Å². The van der Waals surface area contributed by atoms with Crippen molar-refractivity contribution < 1.29 is 14.3 Å². The Balaban J connectivity index is 2.02. The molecule has 0 fully saturated rings. The van der Waals surface area contributed by atoms with E-state index in [-0.39, 0.29) is 11.7 Å². The van der Waals surface area contributed by atoms with Crippen molar-refractivity contribution >= 4 is 17.4 Å². The number of para-hydroxylation sites is 1. The van der Waals surface area contributed by atoms with E-state index >= 15 is 0 Å². The van der Waals surface area contributed by atoms with Gasteiger partial charge in [-0.05, 0) is 56.7 Å².